The Kier molecular flexibility index (Phi) is 8.69. The van der Waals surface area contributed by atoms with Crippen LogP contribution in [0.25, 0.3) is 0 Å². The van der Waals surface area contributed by atoms with Crippen LogP contribution in [0.3, 0.4) is 0 Å². The van der Waals surface area contributed by atoms with Gasteiger partial charge in [0.1, 0.15) is 11.9 Å². The van der Waals surface area contributed by atoms with Crippen molar-refractivity contribution in [3.63, 3.8) is 0 Å². The molecule has 4 atom stereocenters. The third kappa shape index (κ3) is 6.07. The van der Waals surface area contributed by atoms with Gasteiger partial charge in [-0.05, 0) is 113 Å². The van der Waals surface area contributed by atoms with Crippen molar-refractivity contribution in [1.29, 1.82) is 0 Å². The number of hydrogen-bond acceptors (Lipinski definition) is 8. The number of anilines is 1. The van der Waals surface area contributed by atoms with Crippen LogP contribution in [0.2, 0.25) is 5.02 Å². The van der Waals surface area contributed by atoms with Crippen LogP contribution in [0.4, 0.5) is 10.5 Å². The van der Waals surface area contributed by atoms with E-state index in [1.807, 2.05) is 18.2 Å². The number of rotatable bonds is 1. The van der Waals surface area contributed by atoms with E-state index in [0.717, 1.165) is 38.5 Å². The Morgan fingerprint density at radius 1 is 1.10 bits per heavy atom. The summed E-state index contributed by atoms with van der Waals surface area (Å²) >= 11 is 6.43. The maximum Gasteiger partial charge on any atom is 0.410 e. The molecule has 1 saturated heterocycles. The number of likely N-dealkylation sites (N-methyl/N-ethyl adjacent to an activating group) is 1. The summed E-state index contributed by atoms with van der Waals surface area (Å²) in [5.74, 6) is 0.261. The second-order valence-corrected chi connectivity index (χ2v) is 16.8. The van der Waals surface area contributed by atoms with Gasteiger partial charge >= 0.3 is 6.09 Å². The van der Waals surface area contributed by atoms with Crippen LogP contribution in [0.15, 0.2) is 53.4 Å². The number of likely N-dealkylation sites (tertiary alicyclic amines) is 1. The first-order chi connectivity index (χ1) is 22.9. The van der Waals surface area contributed by atoms with Gasteiger partial charge in [0.2, 0.25) is 0 Å². The number of nitrogens with one attached hydrogen (secondary N) is 1. The molecular formula is C36H45ClN4O6S. The van der Waals surface area contributed by atoms with Crippen molar-refractivity contribution in [3.8, 4) is 5.75 Å². The molecule has 0 aromatic heterocycles. The van der Waals surface area contributed by atoms with Gasteiger partial charge in [-0.1, -0.05) is 23.7 Å². The summed E-state index contributed by atoms with van der Waals surface area (Å²) in [4.78, 5) is 32.4. The lowest BCUT2D eigenvalue weighted by Crippen LogP contribution is -2.54. The molecule has 1 saturated carbocycles. The van der Waals surface area contributed by atoms with Crippen LogP contribution in [0, 0.1) is 11.8 Å². The van der Waals surface area contributed by atoms with Crippen LogP contribution < -0.4 is 14.4 Å². The van der Waals surface area contributed by atoms with Crippen LogP contribution in [-0.2, 0) is 31.4 Å². The minimum atomic E-state index is -4.19. The monoisotopic (exact) mass is 696 g/mol. The van der Waals surface area contributed by atoms with Crippen molar-refractivity contribution < 1.29 is 27.5 Å². The molecule has 1 N–H and O–H groups in total. The molecule has 3 aliphatic heterocycles. The molecule has 12 heteroatoms. The summed E-state index contributed by atoms with van der Waals surface area (Å²) in [6, 6.07) is 11.0. The number of aryl methyl sites for hydroxylation is 1. The molecule has 1 spiro atoms. The van der Waals surface area contributed by atoms with Crippen LogP contribution in [0.5, 0.6) is 5.75 Å². The highest BCUT2D eigenvalue weighted by Gasteiger charge is 2.45. The minimum Gasteiger partial charge on any atom is -0.490 e. The molecule has 2 aliphatic carbocycles. The van der Waals surface area contributed by atoms with Gasteiger partial charge in [0.05, 0.1) is 22.7 Å². The van der Waals surface area contributed by atoms with E-state index in [2.05, 4.69) is 21.8 Å². The second-order valence-electron chi connectivity index (χ2n) is 14.7. The summed E-state index contributed by atoms with van der Waals surface area (Å²) in [5, 5.41) is 0.712. The maximum atomic E-state index is 13.7. The summed E-state index contributed by atoms with van der Waals surface area (Å²) < 4.78 is 42.6. The zero-order valence-corrected chi connectivity index (χ0v) is 29.5. The van der Waals surface area contributed by atoms with Crippen molar-refractivity contribution in [2.75, 3.05) is 51.3 Å². The van der Waals surface area contributed by atoms with Gasteiger partial charge in [-0.3, -0.25) is 9.69 Å². The molecular weight excluding hydrogens is 652 g/mol. The molecule has 2 aromatic rings. The number of hydrogen-bond donors (Lipinski definition) is 1. The van der Waals surface area contributed by atoms with Gasteiger partial charge in [0.15, 0.2) is 0 Å². The second kappa shape index (κ2) is 12.6. The summed E-state index contributed by atoms with van der Waals surface area (Å²) in [5.41, 5.74) is 1.64. The normalized spacial score (nSPS) is 30.3. The minimum absolute atomic E-state index is 0.00642. The van der Waals surface area contributed by atoms with Crippen molar-refractivity contribution in [2.24, 2.45) is 11.8 Å². The van der Waals surface area contributed by atoms with E-state index in [-0.39, 0.29) is 28.2 Å². The van der Waals surface area contributed by atoms with E-state index in [4.69, 9.17) is 21.1 Å². The molecule has 2 amide bonds. The fourth-order valence-corrected chi connectivity index (χ4v) is 9.14. The highest BCUT2D eigenvalue weighted by molar-refractivity contribution is 7.90. The molecule has 5 aliphatic rings. The number of amides is 2. The highest BCUT2D eigenvalue weighted by Crippen LogP contribution is 2.47. The number of sulfonamides is 1. The number of halogens is 1. The average Bonchev–Trinajstić information content (AvgIpc) is 3.14. The van der Waals surface area contributed by atoms with Crippen molar-refractivity contribution in [3.05, 3.63) is 64.7 Å². The molecule has 2 fully saturated rings. The SMILES string of the molecule is CN1C/C=C/[C@H](OC(=O)N2CCC2)[C@@H]2CC[C@H]2CN2C[C@@]3(CCCc4cc(Cl)ccc43)COc3ccc(cc32)S(=O)(=O)NC(=O)C1(C)C. The van der Waals surface area contributed by atoms with Gasteiger partial charge in [0.25, 0.3) is 15.9 Å². The van der Waals surface area contributed by atoms with Gasteiger partial charge in [0, 0.05) is 49.1 Å². The Hall–Kier alpha value is -3.28. The lowest BCUT2D eigenvalue weighted by molar-refractivity contribution is -0.128. The molecule has 0 radical (unpaired) electrons. The standard InChI is InChI=1S/C36H45ClN4O6S/c1-35(2)33(42)38-48(44,45)27-11-14-32-30(20-27)41(22-36(23-46-32)15-4-7-24-19-26(37)10-13-29(24)36)21-25-9-12-28(25)31(8-5-16-39(35)3)47-34(43)40-17-6-18-40/h5,8,10-11,13-14,19-20,25,28,31H,4,6-7,9,12,15-18,21-23H2,1-3H3,(H,38,42)/b8-5+/t25-,28+,31-,36-/m0/s1. The lowest BCUT2D eigenvalue weighted by atomic mass is 9.68. The number of carbonyl (C=O) groups excluding carboxylic acids is 2. The Labute approximate surface area is 288 Å². The van der Waals surface area contributed by atoms with Crippen LogP contribution in [-0.4, -0.2) is 88.2 Å². The quantitative estimate of drug-likeness (QED) is 0.409. The first-order valence-electron chi connectivity index (χ1n) is 17.1. The zero-order valence-electron chi connectivity index (χ0n) is 27.9. The first-order valence-corrected chi connectivity index (χ1v) is 18.9. The molecule has 258 valence electrons. The van der Waals surface area contributed by atoms with Gasteiger partial charge in [-0.15, -0.1) is 0 Å². The van der Waals surface area contributed by atoms with Crippen LogP contribution in [0.1, 0.15) is 57.1 Å². The number of carbonyl (C=O) groups is 2. The first kappa shape index (κ1) is 33.2. The van der Waals surface area contributed by atoms with Gasteiger partial charge < -0.3 is 19.3 Å². The van der Waals surface area contributed by atoms with Gasteiger partial charge in [-0.25, -0.2) is 17.9 Å². The molecule has 48 heavy (non-hydrogen) atoms. The predicted octanol–water partition coefficient (Wildman–Crippen LogP) is 5.14. The van der Waals surface area contributed by atoms with E-state index in [0.29, 0.717) is 55.8 Å². The zero-order chi connectivity index (χ0) is 33.8. The number of nitrogens with zero attached hydrogens (tertiary/aromatic N) is 3. The lowest BCUT2D eigenvalue weighted by Gasteiger charge is -2.46. The Morgan fingerprint density at radius 2 is 1.92 bits per heavy atom. The molecule has 10 nitrogen and oxygen atoms in total. The molecule has 7 rings (SSSR count). The van der Waals surface area contributed by atoms with Crippen molar-refractivity contribution in [2.45, 2.75) is 74.3 Å². The van der Waals surface area contributed by atoms with E-state index >= 15 is 0 Å². The third-order valence-electron chi connectivity index (χ3n) is 11.5. The van der Waals surface area contributed by atoms with E-state index < -0.39 is 27.6 Å². The van der Waals surface area contributed by atoms with Gasteiger partial charge in [-0.2, -0.15) is 0 Å². The maximum absolute atomic E-state index is 13.7. The molecule has 2 aromatic carbocycles. The summed E-state index contributed by atoms with van der Waals surface area (Å²) in [6.45, 7) is 6.88. The highest BCUT2D eigenvalue weighted by atomic mass is 35.5. The van der Waals surface area contributed by atoms with Crippen molar-refractivity contribution in [1.82, 2.24) is 14.5 Å². The third-order valence-corrected chi connectivity index (χ3v) is 13.0. The Bertz CT molecular complexity index is 1740. The average molecular weight is 697 g/mol. The van der Waals surface area contributed by atoms with E-state index in [9.17, 15) is 18.0 Å². The van der Waals surface area contributed by atoms with E-state index in [1.54, 1.807) is 42.8 Å². The largest absolute Gasteiger partial charge is 0.490 e. The molecule has 0 unspecified atom stereocenters. The molecule has 2 bridgehead atoms. The summed E-state index contributed by atoms with van der Waals surface area (Å²) in [7, 11) is -2.42. The Morgan fingerprint density at radius 3 is 2.65 bits per heavy atom. The number of benzene rings is 2. The smallest absolute Gasteiger partial charge is 0.410 e. The Balaban J connectivity index is 1.30. The summed E-state index contributed by atoms with van der Waals surface area (Å²) in [6.07, 6.45) is 8.89. The van der Waals surface area contributed by atoms with Crippen molar-refractivity contribution >= 4 is 39.3 Å². The van der Waals surface area contributed by atoms with E-state index in [1.165, 1.54) is 17.2 Å². The molecule has 3 heterocycles. The fraction of sp³-hybridized carbons (Fsp3) is 0.556. The topological polar surface area (TPSA) is 108 Å². The number of ether oxygens (including phenoxy) is 2. The van der Waals surface area contributed by atoms with Crippen LogP contribution >= 0.6 is 11.6 Å². The number of fused-ring (bicyclic) bond motifs is 4. The predicted molar refractivity (Wildman–Crippen MR) is 184 cm³/mol. The fourth-order valence-electron chi connectivity index (χ4n) is 7.82.